The van der Waals surface area contributed by atoms with Crippen LogP contribution in [0.5, 0.6) is 0 Å². The van der Waals surface area contributed by atoms with Crippen LogP contribution in [0.3, 0.4) is 0 Å². The van der Waals surface area contributed by atoms with Gasteiger partial charge in [0.1, 0.15) is 0 Å². The molecule has 1 fully saturated rings. The van der Waals surface area contributed by atoms with Crippen molar-refractivity contribution in [3.8, 4) is 0 Å². The minimum absolute atomic E-state index is 0.0643. The van der Waals surface area contributed by atoms with Gasteiger partial charge in [0.25, 0.3) is 5.56 Å². The van der Waals surface area contributed by atoms with Crippen LogP contribution in [-0.2, 0) is 11.3 Å². The van der Waals surface area contributed by atoms with Crippen LogP contribution in [0, 0.1) is 6.92 Å². The number of amides is 1. The average molecular weight is 436 g/mol. The van der Waals surface area contributed by atoms with E-state index in [1.54, 1.807) is 4.57 Å². The molecule has 0 radical (unpaired) electrons. The Morgan fingerprint density at radius 1 is 1.13 bits per heavy atom. The molecule has 0 spiro atoms. The van der Waals surface area contributed by atoms with Gasteiger partial charge in [-0.2, -0.15) is 0 Å². The Morgan fingerprint density at radius 2 is 1.90 bits per heavy atom. The molecule has 0 N–H and O–H groups in total. The maximum atomic E-state index is 13.3. The van der Waals surface area contributed by atoms with Crippen molar-refractivity contribution < 1.29 is 4.79 Å². The predicted molar refractivity (Wildman–Crippen MR) is 127 cm³/mol. The maximum absolute atomic E-state index is 13.3. The lowest BCUT2D eigenvalue weighted by atomic mass is 10.0. The van der Waals surface area contributed by atoms with Crippen LogP contribution in [0.15, 0.2) is 58.5 Å². The predicted octanol–water partition coefficient (Wildman–Crippen LogP) is 4.64. The monoisotopic (exact) mass is 435 g/mol. The summed E-state index contributed by atoms with van der Waals surface area (Å²) in [7, 11) is 0. The molecule has 0 bridgehead atoms. The molecule has 0 aliphatic carbocycles. The second kappa shape index (κ2) is 9.69. The molecule has 31 heavy (non-hydrogen) atoms. The molecule has 2 heterocycles. The Morgan fingerprint density at radius 3 is 2.68 bits per heavy atom. The summed E-state index contributed by atoms with van der Waals surface area (Å²) < 4.78 is 1.71. The van der Waals surface area contributed by atoms with E-state index >= 15 is 0 Å². The third-order valence-electron chi connectivity index (χ3n) is 6.03. The average Bonchev–Trinajstić information content (AvgIpc) is 2.80. The third-order valence-corrected chi connectivity index (χ3v) is 6.99. The van der Waals surface area contributed by atoms with Crippen molar-refractivity contribution in [1.82, 2.24) is 14.5 Å². The summed E-state index contributed by atoms with van der Waals surface area (Å²) >= 11 is 1.37. The van der Waals surface area contributed by atoms with Gasteiger partial charge in [-0.3, -0.25) is 14.2 Å². The van der Waals surface area contributed by atoms with Crippen LogP contribution in [0.25, 0.3) is 10.9 Å². The molecule has 0 saturated carbocycles. The highest BCUT2D eigenvalue weighted by molar-refractivity contribution is 7.99. The van der Waals surface area contributed by atoms with E-state index in [1.807, 2.05) is 60.4 Å². The molecule has 1 unspecified atom stereocenters. The minimum Gasteiger partial charge on any atom is -0.339 e. The van der Waals surface area contributed by atoms with Crippen molar-refractivity contribution in [2.24, 2.45) is 0 Å². The topological polar surface area (TPSA) is 55.2 Å². The Bertz CT molecular complexity index is 1120. The zero-order valence-electron chi connectivity index (χ0n) is 18.2. The van der Waals surface area contributed by atoms with E-state index in [4.69, 9.17) is 4.98 Å². The fourth-order valence-corrected chi connectivity index (χ4v) is 5.12. The van der Waals surface area contributed by atoms with Crippen molar-refractivity contribution in [1.29, 1.82) is 0 Å². The van der Waals surface area contributed by atoms with Crippen molar-refractivity contribution in [3.05, 3.63) is 70.0 Å². The lowest BCUT2D eigenvalue weighted by Gasteiger charge is -2.35. The van der Waals surface area contributed by atoms with Crippen LogP contribution in [0.4, 0.5) is 0 Å². The number of nitrogens with zero attached hydrogens (tertiary/aromatic N) is 3. The van der Waals surface area contributed by atoms with Crippen LogP contribution in [-0.4, -0.2) is 38.7 Å². The summed E-state index contributed by atoms with van der Waals surface area (Å²) in [6.45, 7) is 5.46. The molecule has 1 saturated heterocycles. The van der Waals surface area contributed by atoms with Gasteiger partial charge in [0.2, 0.25) is 5.91 Å². The fourth-order valence-electron chi connectivity index (χ4n) is 4.24. The highest BCUT2D eigenvalue weighted by Gasteiger charge is 2.25. The molecule has 1 aliphatic rings. The number of carbonyl (C=O) groups excluding carboxylic acids is 1. The van der Waals surface area contributed by atoms with Crippen molar-refractivity contribution in [2.45, 2.75) is 57.3 Å². The van der Waals surface area contributed by atoms with Crippen LogP contribution >= 0.6 is 11.8 Å². The fraction of sp³-hybridized carbons (Fsp3) is 0.400. The highest BCUT2D eigenvalue weighted by atomic mass is 32.2. The first kappa shape index (κ1) is 21.6. The number of piperidine rings is 1. The van der Waals surface area contributed by atoms with Crippen molar-refractivity contribution in [2.75, 3.05) is 12.3 Å². The maximum Gasteiger partial charge on any atom is 0.262 e. The van der Waals surface area contributed by atoms with Gasteiger partial charge >= 0.3 is 0 Å². The number of aryl methyl sites for hydroxylation is 1. The first-order chi connectivity index (χ1) is 15.1. The van der Waals surface area contributed by atoms with E-state index in [-0.39, 0.29) is 11.5 Å². The number of para-hydroxylation sites is 1. The molecule has 1 aliphatic heterocycles. The number of carbonyl (C=O) groups is 1. The highest BCUT2D eigenvalue weighted by Crippen LogP contribution is 2.23. The summed E-state index contributed by atoms with van der Waals surface area (Å²) in [6.07, 6.45) is 4.33. The molecule has 4 rings (SSSR count). The molecule has 3 aromatic rings. The van der Waals surface area contributed by atoms with Crippen molar-refractivity contribution >= 4 is 28.6 Å². The second-order valence-corrected chi connectivity index (χ2v) is 9.16. The van der Waals surface area contributed by atoms with Gasteiger partial charge in [0.05, 0.1) is 23.2 Å². The Balaban J connectivity index is 1.63. The van der Waals surface area contributed by atoms with Crippen LogP contribution in [0.1, 0.15) is 43.7 Å². The Labute approximate surface area is 187 Å². The molecular weight excluding hydrogens is 406 g/mol. The number of thioether (sulfide) groups is 1. The molecular formula is C25H29N3O2S. The normalized spacial score (nSPS) is 16.6. The van der Waals surface area contributed by atoms with Crippen LogP contribution < -0.4 is 5.56 Å². The van der Waals surface area contributed by atoms with Crippen molar-refractivity contribution in [3.63, 3.8) is 0 Å². The SMILES string of the molecule is CCC1CCCCN1C(=O)CSc1nc2ccccc2c(=O)n1Cc1ccc(C)cc1. The number of benzene rings is 2. The lowest BCUT2D eigenvalue weighted by molar-refractivity contribution is -0.132. The summed E-state index contributed by atoms with van der Waals surface area (Å²) in [6, 6.07) is 15.9. The van der Waals surface area contributed by atoms with Gasteiger partial charge in [-0.05, 0) is 50.3 Å². The van der Waals surface area contributed by atoms with E-state index in [9.17, 15) is 9.59 Å². The summed E-state index contributed by atoms with van der Waals surface area (Å²) in [5, 5.41) is 1.20. The molecule has 6 heteroatoms. The number of aromatic nitrogens is 2. The van der Waals surface area contributed by atoms with Gasteiger partial charge in [0, 0.05) is 12.6 Å². The van der Waals surface area contributed by atoms with E-state index < -0.39 is 0 Å². The second-order valence-electron chi connectivity index (χ2n) is 8.22. The standard InChI is InChI=1S/C25H29N3O2S/c1-3-20-8-6-7-15-27(20)23(29)17-31-25-26-22-10-5-4-9-21(22)24(30)28(25)16-19-13-11-18(2)12-14-19/h4-5,9-14,20H,3,6-8,15-17H2,1-2H3. The Kier molecular flexibility index (Phi) is 6.76. The molecule has 162 valence electrons. The zero-order valence-corrected chi connectivity index (χ0v) is 19.0. The third kappa shape index (κ3) is 4.85. The van der Waals surface area contributed by atoms with Gasteiger partial charge < -0.3 is 4.90 Å². The largest absolute Gasteiger partial charge is 0.339 e. The lowest BCUT2D eigenvalue weighted by Crippen LogP contribution is -2.44. The van der Waals surface area contributed by atoms with E-state index in [1.165, 1.54) is 23.7 Å². The van der Waals surface area contributed by atoms with Crippen LogP contribution in [0.2, 0.25) is 0 Å². The smallest absolute Gasteiger partial charge is 0.262 e. The molecule has 1 amide bonds. The zero-order chi connectivity index (χ0) is 21.8. The molecule has 1 aromatic heterocycles. The first-order valence-corrected chi connectivity index (χ1v) is 12.0. The number of hydrogen-bond donors (Lipinski definition) is 0. The molecule has 5 nitrogen and oxygen atoms in total. The van der Waals surface area contributed by atoms with E-state index in [0.717, 1.165) is 31.4 Å². The number of likely N-dealkylation sites (tertiary alicyclic amines) is 1. The number of rotatable bonds is 6. The van der Waals surface area contributed by atoms with E-state index in [2.05, 4.69) is 6.92 Å². The van der Waals surface area contributed by atoms with Gasteiger partial charge in [-0.1, -0.05) is 60.6 Å². The van der Waals surface area contributed by atoms with E-state index in [0.29, 0.717) is 34.4 Å². The molecule has 2 aromatic carbocycles. The Hall–Kier alpha value is -2.60. The number of hydrogen-bond acceptors (Lipinski definition) is 4. The summed E-state index contributed by atoms with van der Waals surface area (Å²) in [4.78, 5) is 33.1. The minimum atomic E-state index is -0.0643. The molecule has 1 atom stereocenters. The first-order valence-electron chi connectivity index (χ1n) is 11.0. The number of fused-ring (bicyclic) bond motifs is 1. The van der Waals surface area contributed by atoms with Gasteiger partial charge in [-0.15, -0.1) is 0 Å². The van der Waals surface area contributed by atoms with Gasteiger partial charge in [-0.25, -0.2) is 4.98 Å². The summed E-state index contributed by atoms with van der Waals surface area (Å²) in [5.41, 5.74) is 2.83. The van der Waals surface area contributed by atoms with Gasteiger partial charge in [0.15, 0.2) is 5.16 Å². The summed E-state index contributed by atoms with van der Waals surface area (Å²) in [5.74, 6) is 0.440. The quantitative estimate of drug-likeness (QED) is 0.418.